The molecule has 0 atom stereocenters. The van der Waals surface area contributed by atoms with Crippen molar-refractivity contribution in [2.45, 2.75) is 0 Å². The number of aromatic amines is 1. The van der Waals surface area contributed by atoms with Crippen LogP contribution in [0.1, 0.15) is 0 Å². The molecule has 6 nitrogen and oxygen atoms in total. The molecule has 0 aliphatic carbocycles. The molecular weight excluding hydrogens is 249 g/mol. The molecular formula is C12H10FN5O. The molecule has 0 aliphatic heterocycles. The lowest BCUT2D eigenvalue weighted by atomic mass is 10.1. The van der Waals surface area contributed by atoms with Gasteiger partial charge < -0.3 is 15.5 Å². The van der Waals surface area contributed by atoms with Gasteiger partial charge in [0.15, 0.2) is 5.65 Å². The molecule has 3 rings (SSSR count). The number of methoxy groups -OCH3 is 1. The molecule has 7 heteroatoms. The molecule has 0 spiro atoms. The van der Waals surface area contributed by atoms with E-state index in [-0.39, 0.29) is 11.8 Å². The Hall–Kier alpha value is -2.70. The summed E-state index contributed by atoms with van der Waals surface area (Å²) in [4.78, 5) is 15.1. The zero-order chi connectivity index (χ0) is 13.4. The molecule has 3 N–H and O–H groups in total. The zero-order valence-corrected chi connectivity index (χ0v) is 10.0. The lowest BCUT2D eigenvalue weighted by Gasteiger charge is -2.09. The fraction of sp³-hybridized carbons (Fsp3) is 0.0833. The van der Waals surface area contributed by atoms with E-state index in [1.165, 1.54) is 31.6 Å². The Labute approximate surface area is 107 Å². The Morgan fingerprint density at radius 1 is 1.32 bits per heavy atom. The maximum absolute atomic E-state index is 13.4. The normalized spacial score (nSPS) is 10.8. The van der Waals surface area contributed by atoms with Crippen LogP contribution in [0.4, 0.5) is 10.3 Å². The second-order valence-corrected chi connectivity index (χ2v) is 3.88. The van der Waals surface area contributed by atoms with Crippen molar-refractivity contribution in [1.29, 1.82) is 0 Å². The number of hydrogen-bond donors (Lipinski definition) is 2. The highest BCUT2D eigenvalue weighted by atomic mass is 19.1. The summed E-state index contributed by atoms with van der Waals surface area (Å²) in [5.41, 5.74) is 7.59. The number of nitrogens with two attached hydrogens (primary N) is 1. The first kappa shape index (κ1) is 11.4. The number of anilines is 1. The van der Waals surface area contributed by atoms with E-state index in [9.17, 15) is 4.39 Å². The number of halogens is 1. The highest BCUT2D eigenvalue weighted by Gasteiger charge is 2.15. The molecule has 19 heavy (non-hydrogen) atoms. The largest absolute Gasteiger partial charge is 0.496 e. The summed E-state index contributed by atoms with van der Waals surface area (Å²) in [5, 5.41) is 0. The van der Waals surface area contributed by atoms with Gasteiger partial charge in [0.25, 0.3) is 0 Å². The SMILES string of the molecule is COc1ccc(F)cc1-c1nc(N)nc2nc[nH]c12. The van der Waals surface area contributed by atoms with Gasteiger partial charge in [-0.05, 0) is 18.2 Å². The predicted octanol–water partition coefficient (Wildman–Crippen LogP) is 1.75. The van der Waals surface area contributed by atoms with Gasteiger partial charge in [-0.3, -0.25) is 0 Å². The lowest BCUT2D eigenvalue weighted by molar-refractivity contribution is 0.415. The third kappa shape index (κ3) is 1.85. The number of rotatable bonds is 2. The minimum absolute atomic E-state index is 0.0703. The van der Waals surface area contributed by atoms with Gasteiger partial charge in [0.2, 0.25) is 5.95 Å². The van der Waals surface area contributed by atoms with Crippen molar-refractivity contribution in [1.82, 2.24) is 19.9 Å². The zero-order valence-electron chi connectivity index (χ0n) is 10.0. The van der Waals surface area contributed by atoms with Gasteiger partial charge >= 0.3 is 0 Å². The fourth-order valence-corrected chi connectivity index (χ4v) is 1.91. The molecule has 0 unspecified atom stereocenters. The van der Waals surface area contributed by atoms with E-state index in [2.05, 4.69) is 19.9 Å². The smallest absolute Gasteiger partial charge is 0.222 e. The van der Waals surface area contributed by atoms with Gasteiger partial charge in [0, 0.05) is 5.56 Å². The number of nitrogens with zero attached hydrogens (tertiary/aromatic N) is 3. The van der Waals surface area contributed by atoms with Gasteiger partial charge in [-0.2, -0.15) is 4.98 Å². The molecule has 0 radical (unpaired) electrons. The van der Waals surface area contributed by atoms with Crippen molar-refractivity contribution < 1.29 is 9.13 Å². The molecule has 0 bridgehead atoms. The Morgan fingerprint density at radius 2 is 2.16 bits per heavy atom. The average molecular weight is 259 g/mol. The van der Waals surface area contributed by atoms with Crippen molar-refractivity contribution >= 4 is 17.1 Å². The van der Waals surface area contributed by atoms with Crippen molar-refractivity contribution in [3.63, 3.8) is 0 Å². The summed E-state index contributed by atoms with van der Waals surface area (Å²) in [6.07, 6.45) is 1.48. The van der Waals surface area contributed by atoms with Crippen LogP contribution in [0.5, 0.6) is 5.75 Å². The maximum atomic E-state index is 13.4. The first-order chi connectivity index (χ1) is 9.19. The first-order valence-electron chi connectivity index (χ1n) is 5.49. The molecule has 0 amide bonds. The van der Waals surface area contributed by atoms with Crippen LogP contribution < -0.4 is 10.5 Å². The van der Waals surface area contributed by atoms with Crippen LogP contribution in [0.3, 0.4) is 0 Å². The van der Waals surface area contributed by atoms with Crippen LogP contribution in [0.15, 0.2) is 24.5 Å². The van der Waals surface area contributed by atoms with E-state index in [0.29, 0.717) is 28.2 Å². The highest BCUT2D eigenvalue weighted by molar-refractivity contribution is 5.89. The number of fused-ring (bicyclic) bond motifs is 1. The van der Waals surface area contributed by atoms with Crippen molar-refractivity contribution in [2.75, 3.05) is 12.8 Å². The summed E-state index contributed by atoms with van der Waals surface area (Å²) in [6.45, 7) is 0. The Balaban J connectivity index is 2.35. The van der Waals surface area contributed by atoms with E-state index in [1.54, 1.807) is 0 Å². The van der Waals surface area contributed by atoms with Gasteiger partial charge in [-0.15, -0.1) is 0 Å². The molecule has 0 fully saturated rings. The van der Waals surface area contributed by atoms with Gasteiger partial charge in [0.1, 0.15) is 22.8 Å². The van der Waals surface area contributed by atoms with Crippen LogP contribution in [-0.4, -0.2) is 27.0 Å². The highest BCUT2D eigenvalue weighted by Crippen LogP contribution is 2.32. The number of H-pyrrole nitrogens is 1. The average Bonchev–Trinajstić information content (AvgIpc) is 2.85. The number of nitrogen functional groups attached to an aromatic ring is 1. The predicted molar refractivity (Wildman–Crippen MR) is 68.0 cm³/mol. The van der Waals surface area contributed by atoms with Crippen molar-refractivity contribution in [3.8, 4) is 17.0 Å². The van der Waals surface area contributed by atoms with Crippen molar-refractivity contribution in [2.24, 2.45) is 0 Å². The summed E-state index contributed by atoms with van der Waals surface area (Å²) in [5.74, 6) is 0.178. The second-order valence-electron chi connectivity index (χ2n) is 3.88. The molecule has 0 saturated carbocycles. The van der Waals surface area contributed by atoms with E-state index in [0.717, 1.165) is 0 Å². The molecule has 96 valence electrons. The third-order valence-electron chi connectivity index (χ3n) is 2.72. The Morgan fingerprint density at radius 3 is 2.95 bits per heavy atom. The minimum Gasteiger partial charge on any atom is -0.496 e. The molecule has 1 aromatic carbocycles. The summed E-state index contributed by atoms with van der Waals surface area (Å²) in [6, 6.07) is 4.18. The Bertz CT molecular complexity index is 755. The van der Waals surface area contributed by atoms with E-state index < -0.39 is 0 Å². The third-order valence-corrected chi connectivity index (χ3v) is 2.72. The minimum atomic E-state index is -0.388. The monoisotopic (exact) mass is 259 g/mol. The van der Waals surface area contributed by atoms with E-state index in [4.69, 9.17) is 10.5 Å². The number of ether oxygens (including phenoxy) is 1. The lowest BCUT2D eigenvalue weighted by Crippen LogP contribution is -1.99. The Kier molecular flexibility index (Phi) is 2.52. The topological polar surface area (TPSA) is 89.7 Å². The molecule has 0 aliphatic rings. The standard InChI is InChI=1S/C12H10FN5O/c1-19-8-3-2-6(13)4-7(8)9-10-11(16-5-15-10)18-12(14)17-9/h2-5H,1H3,(H3,14,15,16,17,18). The molecule has 2 heterocycles. The van der Waals surface area contributed by atoms with Crippen LogP contribution in [0, 0.1) is 5.82 Å². The van der Waals surface area contributed by atoms with Crippen LogP contribution >= 0.6 is 0 Å². The van der Waals surface area contributed by atoms with E-state index in [1.807, 2.05) is 0 Å². The number of nitrogens with one attached hydrogen (secondary N) is 1. The number of benzene rings is 1. The summed E-state index contributed by atoms with van der Waals surface area (Å²) < 4.78 is 18.7. The molecule has 0 saturated heterocycles. The van der Waals surface area contributed by atoms with Gasteiger partial charge in [-0.25, -0.2) is 14.4 Å². The number of imidazole rings is 1. The quantitative estimate of drug-likeness (QED) is 0.731. The second kappa shape index (κ2) is 4.20. The summed E-state index contributed by atoms with van der Waals surface area (Å²) >= 11 is 0. The van der Waals surface area contributed by atoms with E-state index >= 15 is 0 Å². The first-order valence-corrected chi connectivity index (χ1v) is 5.49. The van der Waals surface area contributed by atoms with Crippen LogP contribution in [0.25, 0.3) is 22.4 Å². The van der Waals surface area contributed by atoms with Gasteiger partial charge in [-0.1, -0.05) is 0 Å². The number of aromatic nitrogens is 4. The fourth-order valence-electron chi connectivity index (χ4n) is 1.91. The van der Waals surface area contributed by atoms with Crippen LogP contribution in [-0.2, 0) is 0 Å². The van der Waals surface area contributed by atoms with Crippen molar-refractivity contribution in [3.05, 3.63) is 30.3 Å². The molecule has 2 aromatic heterocycles. The maximum Gasteiger partial charge on any atom is 0.222 e. The summed E-state index contributed by atoms with van der Waals surface area (Å²) in [7, 11) is 1.51. The number of hydrogen-bond acceptors (Lipinski definition) is 5. The van der Waals surface area contributed by atoms with Gasteiger partial charge in [0.05, 0.1) is 13.4 Å². The van der Waals surface area contributed by atoms with Crippen LogP contribution in [0.2, 0.25) is 0 Å². The molecule has 3 aromatic rings.